The predicted molar refractivity (Wildman–Crippen MR) is 97.2 cm³/mol. The molecule has 0 aliphatic carbocycles. The minimum absolute atomic E-state index is 0.164. The number of thiophene rings is 1. The summed E-state index contributed by atoms with van der Waals surface area (Å²) < 4.78 is 8.26. The van der Waals surface area contributed by atoms with Crippen LogP contribution in [0.3, 0.4) is 0 Å². The third kappa shape index (κ3) is 4.81. The van der Waals surface area contributed by atoms with Crippen molar-refractivity contribution in [2.45, 2.75) is 39.3 Å². The maximum atomic E-state index is 6.11. The van der Waals surface area contributed by atoms with Crippen LogP contribution in [0.5, 0.6) is 5.75 Å². The second-order valence-corrected chi connectivity index (χ2v) is 7.93. The van der Waals surface area contributed by atoms with Gasteiger partial charge in [0.25, 0.3) is 0 Å². The van der Waals surface area contributed by atoms with Crippen molar-refractivity contribution in [2.75, 3.05) is 0 Å². The first-order chi connectivity index (χ1) is 9.99. The Bertz CT molecular complexity index is 612. The van der Waals surface area contributed by atoms with E-state index >= 15 is 0 Å². The van der Waals surface area contributed by atoms with Gasteiger partial charge in [0.15, 0.2) is 0 Å². The van der Waals surface area contributed by atoms with Gasteiger partial charge in [0.2, 0.25) is 0 Å². The highest BCUT2D eigenvalue weighted by Crippen LogP contribution is 2.31. The number of hydrogen-bond donors (Lipinski definition) is 1. The molecule has 114 valence electrons. The number of rotatable bonds is 6. The van der Waals surface area contributed by atoms with E-state index < -0.39 is 0 Å². The lowest BCUT2D eigenvalue weighted by Crippen LogP contribution is -2.22. The van der Waals surface area contributed by atoms with E-state index in [2.05, 4.69) is 69.3 Å². The summed E-state index contributed by atoms with van der Waals surface area (Å²) in [7, 11) is 0. The zero-order valence-corrected chi connectivity index (χ0v) is 16.1. The molecule has 0 fully saturated rings. The van der Waals surface area contributed by atoms with Crippen molar-refractivity contribution in [1.82, 2.24) is 0 Å². The Morgan fingerprint density at radius 2 is 2.00 bits per heavy atom. The smallest absolute Gasteiger partial charge is 0.126 e. The van der Waals surface area contributed by atoms with Crippen LogP contribution in [0.25, 0.3) is 0 Å². The van der Waals surface area contributed by atoms with Crippen LogP contribution in [0.2, 0.25) is 0 Å². The van der Waals surface area contributed by atoms with Gasteiger partial charge in [-0.05, 0) is 65.0 Å². The molecular formula is C16H19Br2NOS. The average molecular weight is 433 g/mol. The summed E-state index contributed by atoms with van der Waals surface area (Å²) in [5, 5.41) is 2.07. The standard InChI is InChI=1S/C16H19Br2NOS/c1-3-14(19)6-11-5-12(17)4-10(2)16(11)20-8-15-7-13(18)9-21-15/h4-5,7,9,14H,3,6,8,19H2,1-2H3. The number of halogens is 2. The molecule has 0 amide bonds. The zero-order chi connectivity index (χ0) is 15.4. The third-order valence-electron chi connectivity index (χ3n) is 3.30. The monoisotopic (exact) mass is 431 g/mol. The molecule has 0 saturated carbocycles. The van der Waals surface area contributed by atoms with Crippen LogP contribution in [0.4, 0.5) is 0 Å². The molecule has 0 aliphatic rings. The van der Waals surface area contributed by atoms with Gasteiger partial charge in [-0.3, -0.25) is 0 Å². The normalized spacial score (nSPS) is 12.4. The van der Waals surface area contributed by atoms with Crippen molar-refractivity contribution in [3.63, 3.8) is 0 Å². The average Bonchev–Trinajstić information content (AvgIpc) is 2.83. The Hall–Kier alpha value is -0.360. The summed E-state index contributed by atoms with van der Waals surface area (Å²) in [6.07, 6.45) is 1.79. The Kier molecular flexibility index (Phi) is 6.29. The van der Waals surface area contributed by atoms with Gasteiger partial charge in [0.1, 0.15) is 12.4 Å². The van der Waals surface area contributed by atoms with Crippen molar-refractivity contribution in [2.24, 2.45) is 5.73 Å². The van der Waals surface area contributed by atoms with Crippen LogP contribution in [0, 0.1) is 6.92 Å². The van der Waals surface area contributed by atoms with Gasteiger partial charge >= 0.3 is 0 Å². The molecule has 2 N–H and O–H groups in total. The summed E-state index contributed by atoms with van der Waals surface area (Å²) in [6, 6.07) is 6.45. The largest absolute Gasteiger partial charge is 0.488 e. The second kappa shape index (κ2) is 7.77. The molecule has 2 aromatic rings. The molecule has 2 nitrogen and oxygen atoms in total. The van der Waals surface area contributed by atoms with Crippen molar-refractivity contribution in [1.29, 1.82) is 0 Å². The van der Waals surface area contributed by atoms with E-state index in [-0.39, 0.29) is 6.04 Å². The lowest BCUT2D eigenvalue weighted by Gasteiger charge is -2.17. The minimum Gasteiger partial charge on any atom is -0.488 e. The van der Waals surface area contributed by atoms with E-state index in [1.807, 2.05) is 0 Å². The summed E-state index contributed by atoms with van der Waals surface area (Å²) in [5.74, 6) is 0.964. The highest BCUT2D eigenvalue weighted by atomic mass is 79.9. The summed E-state index contributed by atoms with van der Waals surface area (Å²) >= 11 is 8.73. The second-order valence-electron chi connectivity index (χ2n) is 5.10. The van der Waals surface area contributed by atoms with E-state index in [0.717, 1.165) is 33.1 Å². The van der Waals surface area contributed by atoms with Crippen molar-refractivity contribution >= 4 is 43.2 Å². The summed E-state index contributed by atoms with van der Waals surface area (Å²) in [4.78, 5) is 1.20. The summed E-state index contributed by atoms with van der Waals surface area (Å²) in [6.45, 7) is 4.78. The number of hydrogen-bond acceptors (Lipinski definition) is 3. The molecule has 0 radical (unpaired) electrons. The third-order valence-corrected chi connectivity index (χ3v) is 5.43. The molecule has 1 aromatic carbocycles. The van der Waals surface area contributed by atoms with E-state index in [1.165, 1.54) is 10.4 Å². The van der Waals surface area contributed by atoms with Crippen molar-refractivity contribution < 1.29 is 4.74 Å². The molecule has 0 spiro atoms. The molecule has 1 heterocycles. The highest BCUT2D eigenvalue weighted by molar-refractivity contribution is 9.10. The maximum Gasteiger partial charge on any atom is 0.126 e. The van der Waals surface area contributed by atoms with Gasteiger partial charge in [-0.2, -0.15) is 0 Å². The first-order valence-corrected chi connectivity index (χ1v) is 9.36. The fourth-order valence-corrected chi connectivity index (χ4v) is 4.14. The molecule has 1 atom stereocenters. The number of benzene rings is 1. The van der Waals surface area contributed by atoms with Gasteiger partial charge < -0.3 is 10.5 Å². The summed E-state index contributed by atoms with van der Waals surface area (Å²) in [5.41, 5.74) is 8.42. The number of ether oxygens (including phenoxy) is 1. The lowest BCUT2D eigenvalue weighted by molar-refractivity contribution is 0.303. The van der Waals surface area contributed by atoms with Crippen LogP contribution in [-0.2, 0) is 13.0 Å². The molecule has 0 bridgehead atoms. The molecule has 0 aliphatic heterocycles. The first-order valence-electron chi connectivity index (χ1n) is 6.90. The SMILES string of the molecule is CCC(N)Cc1cc(Br)cc(C)c1OCc1cc(Br)cs1. The Labute approximate surface area is 147 Å². The topological polar surface area (TPSA) is 35.2 Å². The quantitative estimate of drug-likeness (QED) is 0.659. The number of nitrogens with two attached hydrogens (primary N) is 1. The van der Waals surface area contributed by atoms with Gasteiger partial charge in [0.05, 0.1) is 0 Å². The highest BCUT2D eigenvalue weighted by Gasteiger charge is 2.12. The van der Waals surface area contributed by atoms with Gasteiger partial charge in [-0.15, -0.1) is 11.3 Å². The molecule has 1 unspecified atom stereocenters. The van der Waals surface area contributed by atoms with Crippen LogP contribution in [0.15, 0.2) is 32.5 Å². The van der Waals surface area contributed by atoms with E-state index in [4.69, 9.17) is 10.5 Å². The fraction of sp³-hybridized carbons (Fsp3) is 0.375. The fourth-order valence-electron chi connectivity index (χ4n) is 2.16. The lowest BCUT2D eigenvalue weighted by atomic mass is 10.0. The minimum atomic E-state index is 0.164. The van der Waals surface area contributed by atoms with E-state index in [0.29, 0.717) is 6.61 Å². The maximum absolute atomic E-state index is 6.11. The Morgan fingerprint density at radius 3 is 2.62 bits per heavy atom. The molecule has 5 heteroatoms. The molecule has 0 saturated heterocycles. The van der Waals surface area contributed by atoms with Crippen LogP contribution in [0.1, 0.15) is 29.3 Å². The molecular weight excluding hydrogens is 414 g/mol. The van der Waals surface area contributed by atoms with Crippen molar-refractivity contribution in [3.05, 3.63) is 48.5 Å². The Balaban J connectivity index is 2.19. The molecule has 1 aromatic heterocycles. The van der Waals surface area contributed by atoms with Gasteiger partial charge in [-0.25, -0.2) is 0 Å². The van der Waals surface area contributed by atoms with Crippen LogP contribution >= 0.6 is 43.2 Å². The zero-order valence-electron chi connectivity index (χ0n) is 12.2. The predicted octanol–water partition coefficient (Wildman–Crippen LogP) is 5.44. The van der Waals surface area contributed by atoms with E-state index in [9.17, 15) is 0 Å². The van der Waals surface area contributed by atoms with Crippen molar-refractivity contribution in [3.8, 4) is 5.75 Å². The van der Waals surface area contributed by atoms with Crippen LogP contribution in [-0.4, -0.2) is 6.04 Å². The number of aryl methyl sites for hydroxylation is 1. The van der Waals surface area contributed by atoms with Crippen LogP contribution < -0.4 is 10.5 Å². The van der Waals surface area contributed by atoms with Gasteiger partial charge in [0, 0.05) is 25.2 Å². The Morgan fingerprint density at radius 1 is 1.24 bits per heavy atom. The molecule has 2 rings (SSSR count). The van der Waals surface area contributed by atoms with E-state index in [1.54, 1.807) is 11.3 Å². The molecule has 21 heavy (non-hydrogen) atoms. The first kappa shape index (κ1) is 17.0. The van der Waals surface area contributed by atoms with Gasteiger partial charge in [-0.1, -0.05) is 22.9 Å².